The van der Waals surface area contributed by atoms with E-state index in [4.69, 9.17) is 4.74 Å². The molecule has 0 aliphatic carbocycles. The SMILES string of the molecule is COCCNC(=O)C1Cn2c(n[nH]c2=O)CN1C(=O)CCCc1ccccc1. The number of hydrogen-bond donors (Lipinski definition) is 2. The molecule has 0 saturated carbocycles. The van der Waals surface area contributed by atoms with E-state index in [9.17, 15) is 14.4 Å². The highest BCUT2D eigenvalue weighted by Gasteiger charge is 2.36. The molecule has 150 valence electrons. The Balaban J connectivity index is 1.66. The fraction of sp³-hybridized carbons (Fsp3) is 0.474. The van der Waals surface area contributed by atoms with Crippen molar-refractivity contribution >= 4 is 11.8 Å². The second kappa shape index (κ2) is 9.32. The van der Waals surface area contributed by atoms with Gasteiger partial charge in [-0.25, -0.2) is 9.89 Å². The first kappa shape index (κ1) is 19.8. The molecule has 1 aromatic carbocycles. The van der Waals surface area contributed by atoms with Crippen LogP contribution in [0.4, 0.5) is 0 Å². The van der Waals surface area contributed by atoms with Crippen LogP contribution in [0.25, 0.3) is 0 Å². The first-order chi connectivity index (χ1) is 13.6. The van der Waals surface area contributed by atoms with Gasteiger partial charge in [0.25, 0.3) is 0 Å². The molecule has 1 aliphatic heterocycles. The van der Waals surface area contributed by atoms with Gasteiger partial charge in [-0.1, -0.05) is 30.3 Å². The van der Waals surface area contributed by atoms with Gasteiger partial charge in [0.05, 0.1) is 19.7 Å². The fourth-order valence-electron chi connectivity index (χ4n) is 3.31. The summed E-state index contributed by atoms with van der Waals surface area (Å²) in [6, 6.07) is 9.21. The number of nitrogens with one attached hydrogen (secondary N) is 2. The largest absolute Gasteiger partial charge is 0.383 e. The maximum atomic E-state index is 12.8. The van der Waals surface area contributed by atoms with E-state index in [2.05, 4.69) is 15.5 Å². The molecule has 0 fully saturated rings. The summed E-state index contributed by atoms with van der Waals surface area (Å²) in [5.41, 5.74) is 0.796. The summed E-state index contributed by atoms with van der Waals surface area (Å²) in [4.78, 5) is 38.9. The van der Waals surface area contributed by atoms with Gasteiger partial charge in [-0.05, 0) is 18.4 Å². The van der Waals surface area contributed by atoms with Gasteiger partial charge in [-0.2, -0.15) is 5.10 Å². The third kappa shape index (κ3) is 4.66. The van der Waals surface area contributed by atoms with Crippen LogP contribution in [0.2, 0.25) is 0 Å². The normalized spacial score (nSPS) is 15.9. The molecule has 2 aromatic rings. The Morgan fingerprint density at radius 2 is 2.11 bits per heavy atom. The zero-order valence-electron chi connectivity index (χ0n) is 15.9. The van der Waals surface area contributed by atoms with E-state index in [-0.39, 0.29) is 30.6 Å². The summed E-state index contributed by atoms with van der Waals surface area (Å²) in [7, 11) is 1.55. The Morgan fingerprint density at radius 1 is 1.32 bits per heavy atom. The molecule has 1 atom stereocenters. The van der Waals surface area contributed by atoms with Crippen molar-refractivity contribution in [2.24, 2.45) is 0 Å². The van der Waals surface area contributed by atoms with Crippen LogP contribution >= 0.6 is 0 Å². The van der Waals surface area contributed by atoms with Crippen molar-refractivity contribution in [1.29, 1.82) is 0 Å². The minimum Gasteiger partial charge on any atom is -0.383 e. The summed E-state index contributed by atoms with van der Waals surface area (Å²) >= 11 is 0. The molecule has 0 spiro atoms. The van der Waals surface area contributed by atoms with Gasteiger partial charge >= 0.3 is 5.69 Å². The third-order valence-corrected chi connectivity index (χ3v) is 4.81. The lowest BCUT2D eigenvalue weighted by Crippen LogP contribution is -2.55. The first-order valence-corrected chi connectivity index (χ1v) is 9.34. The predicted molar refractivity (Wildman–Crippen MR) is 101 cm³/mol. The van der Waals surface area contributed by atoms with Crippen molar-refractivity contribution in [1.82, 2.24) is 25.0 Å². The highest BCUT2D eigenvalue weighted by atomic mass is 16.5. The standard InChI is InChI=1S/C19H25N5O4/c1-28-11-10-20-18(26)15-12-24-16(21-22-19(24)27)13-23(15)17(25)9-5-8-14-6-3-2-4-7-14/h2-4,6-7,15H,5,8-13H2,1H3,(H,20,26)(H,22,27). The van der Waals surface area contributed by atoms with Gasteiger partial charge in [0.1, 0.15) is 6.04 Å². The van der Waals surface area contributed by atoms with Gasteiger partial charge in [0.2, 0.25) is 11.8 Å². The van der Waals surface area contributed by atoms with E-state index in [1.807, 2.05) is 30.3 Å². The highest BCUT2D eigenvalue weighted by Crippen LogP contribution is 2.17. The number of aryl methyl sites for hydroxylation is 1. The second-order valence-corrected chi connectivity index (χ2v) is 6.72. The Kier molecular flexibility index (Phi) is 6.59. The fourth-order valence-corrected chi connectivity index (χ4v) is 3.31. The number of amides is 2. The lowest BCUT2D eigenvalue weighted by atomic mass is 10.1. The van der Waals surface area contributed by atoms with Crippen LogP contribution in [0.3, 0.4) is 0 Å². The highest BCUT2D eigenvalue weighted by molar-refractivity contribution is 5.87. The number of methoxy groups -OCH3 is 1. The summed E-state index contributed by atoms with van der Waals surface area (Å²) in [5, 5.41) is 9.11. The van der Waals surface area contributed by atoms with Crippen LogP contribution in [0.15, 0.2) is 35.1 Å². The van der Waals surface area contributed by atoms with Gasteiger partial charge in [-0.15, -0.1) is 0 Å². The van der Waals surface area contributed by atoms with Crippen LogP contribution in [0.5, 0.6) is 0 Å². The molecule has 1 aliphatic rings. The van der Waals surface area contributed by atoms with Crippen LogP contribution in [0, 0.1) is 0 Å². The van der Waals surface area contributed by atoms with Crippen molar-refractivity contribution in [3.8, 4) is 0 Å². The van der Waals surface area contributed by atoms with Crippen molar-refractivity contribution in [2.75, 3.05) is 20.3 Å². The number of H-pyrrole nitrogens is 1. The summed E-state index contributed by atoms with van der Waals surface area (Å²) in [6.07, 6.45) is 1.80. The molecular formula is C19H25N5O4. The number of rotatable bonds is 8. The Morgan fingerprint density at radius 3 is 2.86 bits per heavy atom. The topological polar surface area (TPSA) is 109 Å². The van der Waals surface area contributed by atoms with Gasteiger partial charge in [-0.3, -0.25) is 14.2 Å². The number of carbonyl (C=O) groups is 2. The van der Waals surface area contributed by atoms with Gasteiger partial charge in [0, 0.05) is 20.1 Å². The van der Waals surface area contributed by atoms with E-state index in [1.54, 1.807) is 7.11 Å². The van der Waals surface area contributed by atoms with E-state index in [0.29, 0.717) is 31.8 Å². The maximum Gasteiger partial charge on any atom is 0.343 e. The molecule has 2 heterocycles. The first-order valence-electron chi connectivity index (χ1n) is 9.34. The van der Waals surface area contributed by atoms with Crippen LogP contribution < -0.4 is 11.0 Å². The number of hydrogen-bond acceptors (Lipinski definition) is 5. The van der Waals surface area contributed by atoms with E-state index in [0.717, 1.165) is 6.42 Å². The quantitative estimate of drug-likeness (QED) is 0.623. The summed E-state index contributed by atoms with van der Waals surface area (Å²) < 4.78 is 6.36. The third-order valence-electron chi connectivity index (χ3n) is 4.81. The molecule has 28 heavy (non-hydrogen) atoms. The molecule has 2 amide bonds. The lowest BCUT2D eigenvalue weighted by Gasteiger charge is -2.34. The number of ether oxygens (including phenoxy) is 1. The van der Waals surface area contributed by atoms with Crippen LogP contribution in [-0.4, -0.2) is 57.8 Å². The second-order valence-electron chi connectivity index (χ2n) is 6.72. The van der Waals surface area contributed by atoms with Gasteiger partial charge < -0.3 is 15.0 Å². The van der Waals surface area contributed by atoms with Crippen LogP contribution in [-0.2, 0) is 33.8 Å². The number of carbonyl (C=O) groups excluding carboxylic acids is 2. The van der Waals surface area contributed by atoms with Crippen molar-refractivity contribution in [3.63, 3.8) is 0 Å². The zero-order chi connectivity index (χ0) is 19.9. The van der Waals surface area contributed by atoms with Crippen LogP contribution in [0.1, 0.15) is 24.2 Å². The van der Waals surface area contributed by atoms with Crippen molar-refractivity contribution in [2.45, 2.75) is 38.4 Å². The predicted octanol–water partition coefficient (Wildman–Crippen LogP) is 0.0677. The molecule has 9 nitrogen and oxygen atoms in total. The molecule has 3 rings (SSSR count). The van der Waals surface area contributed by atoms with E-state index < -0.39 is 6.04 Å². The van der Waals surface area contributed by atoms with E-state index >= 15 is 0 Å². The van der Waals surface area contributed by atoms with Crippen molar-refractivity contribution in [3.05, 3.63) is 52.2 Å². The maximum absolute atomic E-state index is 12.8. The number of nitrogens with zero attached hydrogens (tertiary/aromatic N) is 3. The summed E-state index contributed by atoms with van der Waals surface area (Å²) in [5.74, 6) is 0.0408. The monoisotopic (exact) mass is 387 g/mol. The number of aromatic nitrogens is 3. The smallest absolute Gasteiger partial charge is 0.343 e. The van der Waals surface area contributed by atoms with Gasteiger partial charge in [0.15, 0.2) is 5.82 Å². The Hall–Kier alpha value is -2.94. The summed E-state index contributed by atoms with van der Waals surface area (Å²) in [6.45, 7) is 0.939. The molecule has 2 N–H and O–H groups in total. The Labute approximate surface area is 162 Å². The average molecular weight is 387 g/mol. The zero-order valence-corrected chi connectivity index (χ0v) is 15.9. The molecule has 0 saturated heterocycles. The van der Waals surface area contributed by atoms with E-state index in [1.165, 1.54) is 15.0 Å². The molecule has 9 heteroatoms. The minimum absolute atomic E-state index is 0.0912. The lowest BCUT2D eigenvalue weighted by molar-refractivity contribution is -0.143. The molecule has 1 aromatic heterocycles. The average Bonchev–Trinajstić information content (AvgIpc) is 3.08. The molecule has 0 bridgehead atoms. The number of benzene rings is 1. The molecular weight excluding hydrogens is 362 g/mol. The molecule has 1 unspecified atom stereocenters. The number of aromatic amines is 1. The minimum atomic E-state index is -0.746. The molecule has 0 radical (unpaired) electrons. The van der Waals surface area contributed by atoms with Crippen molar-refractivity contribution < 1.29 is 14.3 Å². The number of fused-ring (bicyclic) bond motifs is 1. The Bertz CT molecular complexity index is 861.